The van der Waals surface area contributed by atoms with Gasteiger partial charge >= 0.3 is 5.97 Å². The number of ether oxygens (including phenoxy) is 2. The van der Waals surface area contributed by atoms with Crippen LogP contribution >= 0.6 is 0 Å². The maximum absolute atomic E-state index is 11.8. The van der Waals surface area contributed by atoms with Crippen LogP contribution in [0.1, 0.15) is 21.5 Å². The lowest BCUT2D eigenvalue weighted by atomic mass is 10.1. The summed E-state index contributed by atoms with van der Waals surface area (Å²) in [5, 5.41) is 11.3. The highest BCUT2D eigenvalue weighted by Crippen LogP contribution is 2.30. The molecule has 0 unspecified atom stereocenters. The molecule has 144 valence electrons. The zero-order valence-electron chi connectivity index (χ0n) is 15.7. The Bertz CT molecular complexity index is 1120. The number of benzene rings is 4. The van der Waals surface area contributed by atoms with Crippen molar-refractivity contribution < 1.29 is 19.4 Å². The molecule has 4 nitrogen and oxygen atoms in total. The van der Waals surface area contributed by atoms with Crippen molar-refractivity contribution in [3.63, 3.8) is 0 Å². The average molecular weight is 384 g/mol. The summed E-state index contributed by atoms with van der Waals surface area (Å²) in [6, 6.07) is 28.6. The molecular formula is C25H20O4. The summed E-state index contributed by atoms with van der Waals surface area (Å²) >= 11 is 0. The smallest absolute Gasteiger partial charge is 0.339 e. The number of hydrogen-bond acceptors (Lipinski definition) is 3. The van der Waals surface area contributed by atoms with Gasteiger partial charge in [0, 0.05) is 0 Å². The molecule has 0 spiro atoms. The lowest BCUT2D eigenvalue weighted by molar-refractivity contribution is 0.0692. The van der Waals surface area contributed by atoms with Crippen LogP contribution in [-0.4, -0.2) is 11.1 Å². The van der Waals surface area contributed by atoms with E-state index >= 15 is 0 Å². The first kappa shape index (κ1) is 18.6. The summed E-state index contributed by atoms with van der Waals surface area (Å²) in [7, 11) is 0. The van der Waals surface area contributed by atoms with E-state index in [1.165, 1.54) is 0 Å². The quantitative estimate of drug-likeness (QED) is 0.444. The Morgan fingerprint density at radius 3 is 1.93 bits per heavy atom. The fourth-order valence-corrected chi connectivity index (χ4v) is 3.11. The molecule has 1 N–H and O–H groups in total. The van der Waals surface area contributed by atoms with Crippen molar-refractivity contribution in [2.24, 2.45) is 0 Å². The zero-order valence-corrected chi connectivity index (χ0v) is 15.7. The third kappa shape index (κ3) is 4.55. The van der Waals surface area contributed by atoms with Gasteiger partial charge in [-0.2, -0.15) is 0 Å². The zero-order chi connectivity index (χ0) is 20.1. The molecule has 4 aromatic carbocycles. The summed E-state index contributed by atoms with van der Waals surface area (Å²) in [5.41, 5.74) is 2.19. The van der Waals surface area contributed by atoms with Crippen molar-refractivity contribution in [1.29, 1.82) is 0 Å². The first-order chi connectivity index (χ1) is 14.2. The molecule has 4 heteroatoms. The van der Waals surface area contributed by atoms with Crippen LogP contribution in [0.5, 0.6) is 11.5 Å². The molecule has 0 bridgehead atoms. The van der Waals surface area contributed by atoms with E-state index in [1.807, 2.05) is 78.9 Å². The van der Waals surface area contributed by atoms with Gasteiger partial charge in [0.25, 0.3) is 0 Å². The summed E-state index contributed by atoms with van der Waals surface area (Å²) < 4.78 is 11.7. The maximum atomic E-state index is 11.8. The van der Waals surface area contributed by atoms with E-state index in [0.717, 1.165) is 21.9 Å². The van der Waals surface area contributed by atoms with Gasteiger partial charge in [-0.15, -0.1) is 0 Å². The number of rotatable bonds is 7. The van der Waals surface area contributed by atoms with Gasteiger partial charge in [0.1, 0.15) is 30.3 Å². The topological polar surface area (TPSA) is 55.8 Å². The minimum atomic E-state index is -1.02. The molecule has 0 fully saturated rings. The molecule has 0 aliphatic carbocycles. The van der Waals surface area contributed by atoms with Crippen LogP contribution in [0.4, 0.5) is 0 Å². The minimum Gasteiger partial charge on any atom is -0.489 e. The number of carboxylic acids is 1. The van der Waals surface area contributed by atoms with Gasteiger partial charge in [0.15, 0.2) is 0 Å². The Hall–Kier alpha value is -3.79. The fourth-order valence-electron chi connectivity index (χ4n) is 3.11. The SMILES string of the molecule is O=C(O)c1cc2cc(OCc3ccccc3)ccc2cc1OCc1ccccc1. The van der Waals surface area contributed by atoms with Gasteiger partial charge < -0.3 is 14.6 Å². The van der Waals surface area contributed by atoms with Crippen LogP contribution in [0, 0.1) is 0 Å². The number of carbonyl (C=O) groups is 1. The van der Waals surface area contributed by atoms with Crippen LogP contribution in [0.15, 0.2) is 91.0 Å². The normalized spacial score (nSPS) is 10.6. The number of aromatic carboxylic acids is 1. The lowest BCUT2D eigenvalue weighted by Gasteiger charge is -2.12. The predicted molar refractivity (Wildman–Crippen MR) is 112 cm³/mol. The average Bonchev–Trinajstić information content (AvgIpc) is 2.77. The Kier molecular flexibility index (Phi) is 5.43. The molecule has 0 atom stereocenters. The lowest BCUT2D eigenvalue weighted by Crippen LogP contribution is -2.03. The van der Waals surface area contributed by atoms with Crippen LogP contribution < -0.4 is 9.47 Å². The highest BCUT2D eigenvalue weighted by Gasteiger charge is 2.14. The molecule has 0 saturated carbocycles. The Labute approximate surface area is 169 Å². The van der Waals surface area contributed by atoms with E-state index in [9.17, 15) is 9.90 Å². The van der Waals surface area contributed by atoms with Crippen molar-refractivity contribution in [3.8, 4) is 11.5 Å². The molecule has 0 aliphatic heterocycles. The van der Waals surface area contributed by atoms with Crippen LogP contribution in [-0.2, 0) is 13.2 Å². The molecule has 0 aromatic heterocycles. The van der Waals surface area contributed by atoms with Gasteiger partial charge in [-0.25, -0.2) is 4.79 Å². The molecule has 0 saturated heterocycles. The standard InChI is InChI=1S/C25H20O4/c26-25(27)23-14-21-13-22(28-16-18-7-3-1-4-8-18)12-11-20(21)15-24(23)29-17-19-9-5-2-6-10-19/h1-15H,16-17H2,(H,26,27). The summed E-state index contributed by atoms with van der Waals surface area (Å²) in [5.74, 6) is 0.0213. The fraction of sp³-hybridized carbons (Fsp3) is 0.0800. The van der Waals surface area contributed by atoms with Gasteiger partial charge in [-0.3, -0.25) is 0 Å². The van der Waals surface area contributed by atoms with Crippen LogP contribution in [0.25, 0.3) is 10.8 Å². The molecule has 0 amide bonds. The van der Waals surface area contributed by atoms with Crippen molar-refractivity contribution >= 4 is 16.7 Å². The summed E-state index contributed by atoms with van der Waals surface area (Å²) in [4.78, 5) is 11.8. The largest absolute Gasteiger partial charge is 0.489 e. The second-order valence-electron chi connectivity index (χ2n) is 6.71. The van der Waals surface area contributed by atoms with Crippen molar-refractivity contribution in [2.75, 3.05) is 0 Å². The third-order valence-corrected chi connectivity index (χ3v) is 4.63. The van der Waals surface area contributed by atoms with E-state index < -0.39 is 5.97 Å². The number of hydrogen-bond donors (Lipinski definition) is 1. The predicted octanol–water partition coefficient (Wildman–Crippen LogP) is 5.70. The van der Waals surface area contributed by atoms with Gasteiger partial charge in [0.05, 0.1) is 0 Å². The molecular weight excluding hydrogens is 364 g/mol. The first-order valence-electron chi connectivity index (χ1n) is 9.33. The van der Waals surface area contributed by atoms with Crippen LogP contribution in [0.2, 0.25) is 0 Å². The molecule has 0 radical (unpaired) electrons. The highest BCUT2D eigenvalue weighted by molar-refractivity contribution is 5.98. The van der Waals surface area contributed by atoms with E-state index in [0.29, 0.717) is 24.7 Å². The van der Waals surface area contributed by atoms with E-state index in [2.05, 4.69) is 0 Å². The van der Waals surface area contributed by atoms with Crippen molar-refractivity contribution in [2.45, 2.75) is 13.2 Å². The minimum absolute atomic E-state index is 0.133. The molecule has 0 aliphatic rings. The maximum Gasteiger partial charge on any atom is 0.339 e. The number of fused-ring (bicyclic) bond motifs is 1. The Balaban J connectivity index is 1.57. The molecule has 0 heterocycles. The molecule has 4 rings (SSSR count). The third-order valence-electron chi connectivity index (χ3n) is 4.63. The number of carboxylic acid groups (broad SMARTS) is 1. The van der Waals surface area contributed by atoms with Crippen molar-refractivity contribution in [3.05, 3.63) is 108 Å². The van der Waals surface area contributed by atoms with Gasteiger partial charge in [0.2, 0.25) is 0 Å². The summed E-state index contributed by atoms with van der Waals surface area (Å²) in [6.07, 6.45) is 0. The van der Waals surface area contributed by atoms with E-state index in [1.54, 1.807) is 12.1 Å². The highest BCUT2D eigenvalue weighted by atomic mass is 16.5. The molecule has 29 heavy (non-hydrogen) atoms. The van der Waals surface area contributed by atoms with Crippen molar-refractivity contribution in [1.82, 2.24) is 0 Å². The van der Waals surface area contributed by atoms with Crippen LogP contribution in [0.3, 0.4) is 0 Å². The second-order valence-corrected chi connectivity index (χ2v) is 6.71. The first-order valence-corrected chi connectivity index (χ1v) is 9.33. The van der Waals surface area contributed by atoms with Gasteiger partial charge in [-0.1, -0.05) is 66.7 Å². The van der Waals surface area contributed by atoms with E-state index in [-0.39, 0.29) is 5.56 Å². The van der Waals surface area contributed by atoms with E-state index in [4.69, 9.17) is 9.47 Å². The van der Waals surface area contributed by atoms with Gasteiger partial charge in [-0.05, 0) is 46.2 Å². The molecule has 4 aromatic rings. The Morgan fingerprint density at radius 2 is 1.31 bits per heavy atom. The summed E-state index contributed by atoms with van der Waals surface area (Å²) in [6.45, 7) is 0.765. The monoisotopic (exact) mass is 384 g/mol. The second kappa shape index (κ2) is 8.48. The Morgan fingerprint density at radius 1 is 0.690 bits per heavy atom.